The lowest BCUT2D eigenvalue weighted by molar-refractivity contribution is 0.0919. The van der Waals surface area contributed by atoms with Crippen LogP contribution in [-0.2, 0) is 0 Å². The van der Waals surface area contributed by atoms with Crippen molar-refractivity contribution in [3.8, 4) is 0 Å². The van der Waals surface area contributed by atoms with Gasteiger partial charge >= 0.3 is 0 Å². The van der Waals surface area contributed by atoms with Crippen molar-refractivity contribution in [1.82, 2.24) is 5.32 Å². The normalized spacial score (nSPS) is 11.3. The fourth-order valence-electron chi connectivity index (χ4n) is 1.10. The van der Waals surface area contributed by atoms with Crippen molar-refractivity contribution < 1.29 is 13.6 Å². The van der Waals surface area contributed by atoms with E-state index in [1.165, 1.54) is 0 Å². The molecule has 5 heteroatoms. The summed E-state index contributed by atoms with van der Waals surface area (Å²) >= 11 is 5.62. The summed E-state index contributed by atoms with van der Waals surface area (Å²) in [7, 11) is 0. The fraction of sp³-hybridized carbons (Fsp3) is 0.364. The van der Waals surface area contributed by atoms with E-state index < -0.39 is 23.1 Å². The predicted molar refractivity (Wildman–Crippen MR) is 58.6 cm³/mol. The number of hydrogen-bond donors (Lipinski definition) is 1. The zero-order valence-corrected chi connectivity index (χ0v) is 9.74. The van der Waals surface area contributed by atoms with Crippen molar-refractivity contribution >= 4 is 17.5 Å². The highest BCUT2D eigenvalue weighted by Crippen LogP contribution is 2.11. The van der Waals surface area contributed by atoms with Gasteiger partial charge in [0.2, 0.25) is 0 Å². The van der Waals surface area contributed by atoms with Gasteiger partial charge in [-0.05, 0) is 26.0 Å². The minimum atomic E-state index is -0.783. The van der Waals surface area contributed by atoms with Crippen LogP contribution in [0.3, 0.4) is 0 Å². The lowest BCUT2D eigenvalue weighted by Gasteiger charge is -2.23. The Kier molecular flexibility index (Phi) is 3.86. The van der Waals surface area contributed by atoms with Gasteiger partial charge in [-0.1, -0.05) is 0 Å². The monoisotopic (exact) mass is 247 g/mol. The maximum Gasteiger partial charge on any atom is 0.251 e. The second kappa shape index (κ2) is 4.78. The highest BCUT2D eigenvalue weighted by molar-refractivity contribution is 6.18. The molecular weight excluding hydrogens is 236 g/mol. The second-order valence-electron chi connectivity index (χ2n) is 4.13. The zero-order valence-electron chi connectivity index (χ0n) is 8.98. The van der Waals surface area contributed by atoms with Crippen molar-refractivity contribution in [3.05, 3.63) is 35.4 Å². The molecule has 0 atom stereocenters. The molecule has 0 heterocycles. The van der Waals surface area contributed by atoms with Gasteiger partial charge in [0.1, 0.15) is 11.6 Å². The molecule has 0 aromatic heterocycles. The van der Waals surface area contributed by atoms with E-state index in [-0.39, 0.29) is 11.4 Å². The standard InChI is InChI=1S/C11H12ClF2NO/c1-11(2,6-12)15-10(16)7-3-8(13)5-9(14)4-7/h3-5H,6H2,1-2H3,(H,15,16). The maximum absolute atomic E-state index is 12.9. The molecule has 1 aromatic rings. The van der Waals surface area contributed by atoms with Crippen LogP contribution >= 0.6 is 11.6 Å². The molecule has 88 valence electrons. The first-order chi connectivity index (χ1) is 7.34. The van der Waals surface area contributed by atoms with E-state index in [2.05, 4.69) is 5.32 Å². The molecule has 0 saturated heterocycles. The van der Waals surface area contributed by atoms with E-state index in [4.69, 9.17) is 11.6 Å². The van der Waals surface area contributed by atoms with Gasteiger partial charge in [0.25, 0.3) is 5.91 Å². The van der Waals surface area contributed by atoms with Gasteiger partial charge in [0.05, 0.1) is 0 Å². The first-order valence-corrected chi connectivity index (χ1v) is 5.22. The molecule has 0 unspecified atom stereocenters. The van der Waals surface area contributed by atoms with E-state index in [1.54, 1.807) is 13.8 Å². The third-order valence-corrected chi connectivity index (χ3v) is 2.58. The number of nitrogens with one attached hydrogen (secondary N) is 1. The summed E-state index contributed by atoms with van der Waals surface area (Å²) in [6.45, 7) is 3.43. The topological polar surface area (TPSA) is 29.1 Å². The molecule has 0 aliphatic heterocycles. The molecule has 0 aliphatic carbocycles. The van der Waals surface area contributed by atoms with E-state index >= 15 is 0 Å². The molecule has 2 nitrogen and oxygen atoms in total. The highest BCUT2D eigenvalue weighted by atomic mass is 35.5. The van der Waals surface area contributed by atoms with Crippen LogP contribution in [0.1, 0.15) is 24.2 Å². The molecular formula is C11H12ClF2NO. The van der Waals surface area contributed by atoms with Crippen molar-refractivity contribution in [3.63, 3.8) is 0 Å². The summed E-state index contributed by atoms with van der Waals surface area (Å²) < 4.78 is 25.7. The van der Waals surface area contributed by atoms with Gasteiger partial charge < -0.3 is 5.32 Å². The number of hydrogen-bond acceptors (Lipinski definition) is 1. The van der Waals surface area contributed by atoms with Crippen LogP contribution in [0, 0.1) is 11.6 Å². The summed E-state index contributed by atoms with van der Waals surface area (Å²) in [5, 5.41) is 2.57. The van der Waals surface area contributed by atoms with Crippen molar-refractivity contribution in [1.29, 1.82) is 0 Å². The third-order valence-electron chi connectivity index (χ3n) is 1.91. The van der Waals surface area contributed by atoms with E-state index in [0.29, 0.717) is 6.07 Å². The van der Waals surface area contributed by atoms with Crippen LogP contribution in [0.25, 0.3) is 0 Å². The lowest BCUT2D eigenvalue weighted by Crippen LogP contribution is -2.44. The molecule has 0 spiro atoms. The van der Waals surface area contributed by atoms with Crippen molar-refractivity contribution in [2.75, 3.05) is 5.88 Å². The summed E-state index contributed by atoms with van der Waals surface area (Å²) in [4.78, 5) is 11.6. The van der Waals surface area contributed by atoms with Crippen LogP contribution < -0.4 is 5.32 Å². The number of carbonyl (C=O) groups is 1. The summed E-state index contributed by atoms with van der Waals surface area (Å²) in [5.41, 5.74) is -0.683. The number of carbonyl (C=O) groups excluding carboxylic acids is 1. The summed E-state index contributed by atoms with van der Waals surface area (Å²) in [6, 6.07) is 2.66. The average Bonchev–Trinajstić information content (AvgIpc) is 2.15. The number of benzene rings is 1. The van der Waals surface area contributed by atoms with Crippen LogP contribution in [0.4, 0.5) is 8.78 Å². The van der Waals surface area contributed by atoms with Crippen LogP contribution in [0.5, 0.6) is 0 Å². The smallest absolute Gasteiger partial charge is 0.251 e. The van der Waals surface area contributed by atoms with Gasteiger partial charge in [-0.15, -0.1) is 11.6 Å². The number of alkyl halides is 1. The molecule has 1 amide bonds. The number of amides is 1. The predicted octanol–water partition coefficient (Wildman–Crippen LogP) is 2.71. The lowest BCUT2D eigenvalue weighted by atomic mass is 10.1. The first-order valence-electron chi connectivity index (χ1n) is 4.68. The average molecular weight is 248 g/mol. The Morgan fingerprint density at radius 1 is 1.31 bits per heavy atom. The molecule has 16 heavy (non-hydrogen) atoms. The van der Waals surface area contributed by atoms with E-state index in [0.717, 1.165) is 12.1 Å². The Balaban J connectivity index is 2.89. The van der Waals surface area contributed by atoms with Crippen LogP contribution in [-0.4, -0.2) is 17.3 Å². The quantitative estimate of drug-likeness (QED) is 0.818. The molecule has 0 radical (unpaired) electrons. The van der Waals surface area contributed by atoms with Gasteiger partial charge in [-0.2, -0.15) is 0 Å². The summed E-state index contributed by atoms with van der Waals surface area (Å²) in [6.07, 6.45) is 0. The zero-order chi connectivity index (χ0) is 12.3. The maximum atomic E-state index is 12.9. The Morgan fingerprint density at radius 2 is 1.81 bits per heavy atom. The minimum Gasteiger partial charge on any atom is -0.346 e. The molecule has 1 rings (SSSR count). The Hall–Kier alpha value is -1.16. The van der Waals surface area contributed by atoms with Gasteiger partial charge in [0, 0.05) is 23.0 Å². The molecule has 1 aromatic carbocycles. The van der Waals surface area contributed by atoms with Crippen molar-refractivity contribution in [2.45, 2.75) is 19.4 Å². The van der Waals surface area contributed by atoms with Crippen molar-refractivity contribution in [2.24, 2.45) is 0 Å². The van der Waals surface area contributed by atoms with Gasteiger partial charge in [-0.25, -0.2) is 8.78 Å². The van der Waals surface area contributed by atoms with Crippen LogP contribution in [0.2, 0.25) is 0 Å². The molecule has 0 aliphatic rings. The molecule has 0 bridgehead atoms. The SMILES string of the molecule is CC(C)(CCl)NC(=O)c1cc(F)cc(F)c1. The highest BCUT2D eigenvalue weighted by Gasteiger charge is 2.20. The molecule has 1 N–H and O–H groups in total. The van der Waals surface area contributed by atoms with Crippen LogP contribution in [0.15, 0.2) is 18.2 Å². The van der Waals surface area contributed by atoms with Gasteiger partial charge in [0.15, 0.2) is 0 Å². The Morgan fingerprint density at radius 3 is 2.25 bits per heavy atom. The van der Waals surface area contributed by atoms with E-state index in [1.807, 2.05) is 0 Å². The Labute approximate surface area is 97.6 Å². The minimum absolute atomic E-state index is 0.0595. The number of halogens is 3. The van der Waals surface area contributed by atoms with E-state index in [9.17, 15) is 13.6 Å². The fourth-order valence-corrected chi connectivity index (χ4v) is 1.16. The third kappa shape index (κ3) is 3.45. The second-order valence-corrected chi connectivity index (χ2v) is 4.40. The Bertz CT molecular complexity index is 387. The largest absolute Gasteiger partial charge is 0.346 e. The number of rotatable bonds is 3. The summed E-state index contributed by atoms with van der Waals surface area (Å²) in [5.74, 6) is -1.91. The first kappa shape index (κ1) is 12.9. The molecule has 0 saturated carbocycles. The van der Waals surface area contributed by atoms with Gasteiger partial charge in [-0.3, -0.25) is 4.79 Å². The molecule has 0 fully saturated rings.